The summed E-state index contributed by atoms with van der Waals surface area (Å²) in [7, 11) is 0. The van der Waals surface area contributed by atoms with Crippen molar-refractivity contribution >= 4 is 11.7 Å². The third-order valence-electron chi connectivity index (χ3n) is 4.86. The van der Waals surface area contributed by atoms with Gasteiger partial charge in [-0.2, -0.15) is 18.3 Å². The second-order valence-electron chi connectivity index (χ2n) is 6.80. The molecule has 0 saturated carbocycles. The molecule has 9 heteroatoms. The second-order valence-corrected chi connectivity index (χ2v) is 6.80. The molecule has 3 aromatic rings. The van der Waals surface area contributed by atoms with Gasteiger partial charge >= 0.3 is 6.18 Å². The van der Waals surface area contributed by atoms with Crippen LogP contribution in [0, 0.1) is 0 Å². The van der Waals surface area contributed by atoms with Gasteiger partial charge in [0, 0.05) is 25.4 Å². The maximum Gasteiger partial charge on any atom is 0.410 e. The summed E-state index contributed by atoms with van der Waals surface area (Å²) in [6.45, 7) is 0.210. The first-order valence-electron chi connectivity index (χ1n) is 9.06. The Labute approximate surface area is 164 Å². The number of aromatic nitrogens is 3. The van der Waals surface area contributed by atoms with Gasteiger partial charge in [-0.1, -0.05) is 36.4 Å². The van der Waals surface area contributed by atoms with E-state index in [2.05, 4.69) is 20.7 Å². The third-order valence-corrected chi connectivity index (χ3v) is 4.86. The zero-order chi connectivity index (χ0) is 20.4. The molecule has 0 radical (unpaired) electrons. The van der Waals surface area contributed by atoms with E-state index in [4.69, 9.17) is 0 Å². The summed E-state index contributed by atoms with van der Waals surface area (Å²) in [4.78, 5) is 16.6. The zero-order valence-corrected chi connectivity index (χ0v) is 15.2. The van der Waals surface area contributed by atoms with Gasteiger partial charge in [0.1, 0.15) is 11.4 Å². The van der Waals surface area contributed by atoms with Gasteiger partial charge in [-0.25, -0.2) is 4.68 Å². The number of amides is 1. The van der Waals surface area contributed by atoms with Crippen LogP contribution in [0.2, 0.25) is 0 Å². The highest BCUT2D eigenvalue weighted by molar-refractivity contribution is 5.98. The van der Waals surface area contributed by atoms with Crippen molar-refractivity contribution in [3.8, 4) is 0 Å². The SMILES string of the molecule is O=C(NCc1cccnc1)c1cnn2c1N[C@@H](c1ccccc1)C[C@H]2C(F)(F)F. The number of nitrogens with zero attached hydrogens (tertiary/aromatic N) is 3. The van der Waals surface area contributed by atoms with Crippen LogP contribution in [0.3, 0.4) is 0 Å². The van der Waals surface area contributed by atoms with E-state index in [1.165, 1.54) is 6.20 Å². The van der Waals surface area contributed by atoms with Crippen LogP contribution < -0.4 is 10.6 Å². The smallest absolute Gasteiger partial charge is 0.363 e. The Hall–Kier alpha value is -3.36. The van der Waals surface area contributed by atoms with Crippen molar-refractivity contribution in [3.63, 3.8) is 0 Å². The van der Waals surface area contributed by atoms with Crippen molar-refractivity contribution in [3.05, 3.63) is 77.7 Å². The van der Waals surface area contributed by atoms with Gasteiger partial charge in [0.05, 0.1) is 12.2 Å². The predicted molar refractivity (Wildman–Crippen MR) is 100 cm³/mol. The molecule has 2 atom stereocenters. The van der Waals surface area contributed by atoms with Gasteiger partial charge in [-0.3, -0.25) is 9.78 Å². The quantitative estimate of drug-likeness (QED) is 0.696. The van der Waals surface area contributed by atoms with Crippen LogP contribution >= 0.6 is 0 Å². The highest BCUT2D eigenvalue weighted by Gasteiger charge is 2.47. The molecule has 0 spiro atoms. The number of hydrogen-bond donors (Lipinski definition) is 2. The molecule has 29 heavy (non-hydrogen) atoms. The number of hydrogen-bond acceptors (Lipinski definition) is 4. The summed E-state index contributed by atoms with van der Waals surface area (Å²) in [6, 6.07) is 10.0. The fourth-order valence-electron chi connectivity index (χ4n) is 3.41. The normalized spacial score (nSPS) is 18.6. The molecule has 1 aliphatic rings. The number of carbonyl (C=O) groups is 1. The van der Waals surface area contributed by atoms with Crippen LogP contribution in [0.1, 0.15) is 40.0 Å². The highest BCUT2D eigenvalue weighted by Crippen LogP contribution is 2.44. The third kappa shape index (κ3) is 3.94. The maximum absolute atomic E-state index is 13.7. The topological polar surface area (TPSA) is 71.8 Å². The summed E-state index contributed by atoms with van der Waals surface area (Å²) in [5.41, 5.74) is 1.57. The average Bonchev–Trinajstić information content (AvgIpc) is 3.16. The number of benzene rings is 1. The largest absolute Gasteiger partial charge is 0.410 e. The number of nitrogens with one attached hydrogen (secondary N) is 2. The van der Waals surface area contributed by atoms with Crippen LogP contribution in [-0.2, 0) is 6.54 Å². The molecule has 3 heterocycles. The van der Waals surface area contributed by atoms with E-state index in [1.807, 2.05) is 0 Å². The molecule has 2 aromatic heterocycles. The fraction of sp³-hybridized carbons (Fsp3) is 0.250. The Morgan fingerprint density at radius 3 is 2.66 bits per heavy atom. The van der Waals surface area contributed by atoms with Gasteiger partial charge in [0.15, 0.2) is 6.04 Å². The van der Waals surface area contributed by atoms with Gasteiger partial charge in [-0.05, 0) is 17.2 Å². The van der Waals surface area contributed by atoms with E-state index in [0.29, 0.717) is 0 Å². The molecule has 0 unspecified atom stereocenters. The van der Waals surface area contributed by atoms with Crippen molar-refractivity contribution in [1.82, 2.24) is 20.1 Å². The Morgan fingerprint density at radius 1 is 1.17 bits per heavy atom. The molecule has 1 aliphatic heterocycles. The van der Waals surface area contributed by atoms with Gasteiger partial charge in [-0.15, -0.1) is 0 Å². The Kier molecular flexibility index (Phi) is 4.96. The van der Waals surface area contributed by atoms with Crippen molar-refractivity contribution in [2.24, 2.45) is 0 Å². The lowest BCUT2D eigenvalue weighted by molar-refractivity contribution is -0.173. The number of fused-ring (bicyclic) bond motifs is 1. The first-order chi connectivity index (χ1) is 13.9. The van der Waals surface area contributed by atoms with Crippen LogP contribution in [0.15, 0.2) is 61.1 Å². The Bertz CT molecular complexity index is 988. The molecule has 1 aromatic carbocycles. The highest BCUT2D eigenvalue weighted by atomic mass is 19.4. The lowest BCUT2D eigenvalue weighted by atomic mass is 9.96. The molecule has 6 nitrogen and oxygen atoms in total. The van der Waals surface area contributed by atoms with E-state index >= 15 is 0 Å². The number of pyridine rings is 1. The van der Waals surface area contributed by atoms with E-state index in [-0.39, 0.29) is 24.3 Å². The van der Waals surface area contributed by atoms with E-state index in [1.54, 1.807) is 54.9 Å². The number of rotatable bonds is 4. The Balaban J connectivity index is 1.62. The molecule has 4 rings (SSSR count). The molecule has 0 aliphatic carbocycles. The van der Waals surface area contributed by atoms with E-state index < -0.39 is 24.2 Å². The maximum atomic E-state index is 13.7. The van der Waals surface area contributed by atoms with Gasteiger partial charge < -0.3 is 10.6 Å². The summed E-state index contributed by atoms with van der Waals surface area (Å²) in [6.07, 6.45) is -0.299. The first kappa shape index (κ1) is 19.0. The van der Waals surface area contributed by atoms with Crippen LogP contribution in [0.5, 0.6) is 0 Å². The molecular formula is C20H18F3N5O. The molecule has 1 amide bonds. The van der Waals surface area contributed by atoms with Crippen molar-refractivity contribution in [2.75, 3.05) is 5.32 Å². The zero-order valence-electron chi connectivity index (χ0n) is 15.2. The Morgan fingerprint density at radius 2 is 1.97 bits per heavy atom. The van der Waals surface area contributed by atoms with Crippen molar-refractivity contribution in [2.45, 2.75) is 31.2 Å². The molecular weight excluding hydrogens is 383 g/mol. The first-order valence-corrected chi connectivity index (χ1v) is 9.06. The van der Waals surface area contributed by atoms with Gasteiger partial charge in [0.2, 0.25) is 0 Å². The average molecular weight is 401 g/mol. The number of alkyl halides is 3. The summed E-state index contributed by atoms with van der Waals surface area (Å²) < 4.78 is 41.9. The van der Waals surface area contributed by atoms with E-state index in [9.17, 15) is 18.0 Å². The van der Waals surface area contributed by atoms with Crippen LogP contribution in [0.4, 0.5) is 19.0 Å². The van der Waals surface area contributed by atoms with Crippen LogP contribution in [0.25, 0.3) is 0 Å². The summed E-state index contributed by atoms with van der Waals surface area (Å²) in [5, 5.41) is 9.65. The minimum Gasteiger partial charge on any atom is -0.363 e. The lowest BCUT2D eigenvalue weighted by Crippen LogP contribution is -2.36. The van der Waals surface area contributed by atoms with Crippen LogP contribution in [-0.4, -0.2) is 26.8 Å². The summed E-state index contributed by atoms with van der Waals surface area (Å²) in [5.74, 6) is -0.437. The molecule has 0 bridgehead atoms. The number of anilines is 1. The molecule has 0 fully saturated rings. The van der Waals surface area contributed by atoms with Crippen molar-refractivity contribution < 1.29 is 18.0 Å². The standard InChI is InChI=1S/C20H18F3N5O/c21-20(22,23)17-9-16(14-6-2-1-3-7-14)27-18-15(12-26-28(17)18)19(29)25-11-13-5-4-8-24-10-13/h1-8,10,12,16-17,27H,9,11H2,(H,25,29)/t16-,17+/m1/s1. The molecule has 0 saturated heterocycles. The summed E-state index contributed by atoms with van der Waals surface area (Å²) >= 11 is 0. The van der Waals surface area contributed by atoms with E-state index in [0.717, 1.165) is 15.8 Å². The number of carbonyl (C=O) groups excluding carboxylic acids is 1. The molecule has 2 N–H and O–H groups in total. The van der Waals surface area contributed by atoms with Crippen molar-refractivity contribution in [1.29, 1.82) is 0 Å². The monoisotopic (exact) mass is 401 g/mol. The minimum absolute atomic E-state index is 0.0658. The number of halogens is 3. The fourth-order valence-corrected chi connectivity index (χ4v) is 3.41. The minimum atomic E-state index is -4.49. The second kappa shape index (κ2) is 7.57. The lowest BCUT2D eigenvalue weighted by Gasteiger charge is -2.34. The molecule has 150 valence electrons. The predicted octanol–water partition coefficient (Wildman–Crippen LogP) is 3.87. The van der Waals surface area contributed by atoms with Gasteiger partial charge in [0.25, 0.3) is 5.91 Å².